The molecule has 0 fully saturated rings. The average molecular weight is 320 g/mol. The molecular formula is C15H10ClNO3S. The summed E-state index contributed by atoms with van der Waals surface area (Å²) < 4.78 is 26.6. The Labute approximate surface area is 127 Å². The van der Waals surface area contributed by atoms with Gasteiger partial charge in [-0.15, -0.1) is 0 Å². The van der Waals surface area contributed by atoms with Gasteiger partial charge in [0.2, 0.25) is 5.78 Å². The summed E-state index contributed by atoms with van der Waals surface area (Å²) in [4.78, 5) is 12.4. The van der Waals surface area contributed by atoms with E-state index in [4.69, 9.17) is 11.6 Å². The van der Waals surface area contributed by atoms with Crippen LogP contribution in [0.2, 0.25) is 5.02 Å². The Kier molecular flexibility index (Phi) is 3.31. The largest absolute Gasteiger partial charge is 0.287 e. The van der Waals surface area contributed by atoms with Gasteiger partial charge in [0.1, 0.15) is 0 Å². The third kappa shape index (κ3) is 2.57. The van der Waals surface area contributed by atoms with E-state index in [1.165, 1.54) is 18.2 Å². The number of carbonyl (C=O) groups excluding carboxylic acids is 1. The van der Waals surface area contributed by atoms with Crippen LogP contribution < -0.4 is 4.72 Å². The van der Waals surface area contributed by atoms with Gasteiger partial charge in [-0.05, 0) is 35.9 Å². The van der Waals surface area contributed by atoms with Crippen LogP contribution >= 0.6 is 11.6 Å². The molecule has 2 aromatic carbocycles. The lowest BCUT2D eigenvalue weighted by atomic mass is 10.1. The monoisotopic (exact) mass is 319 g/mol. The van der Waals surface area contributed by atoms with Crippen molar-refractivity contribution in [3.05, 3.63) is 70.4 Å². The maximum atomic E-state index is 12.4. The van der Waals surface area contributed by atoms with E-state index < -0.39 is 10.0 Å². The fourth-order valence-corrected chi connectivity index (χ4v) is 3.49. The minimum absolute atomic E-state index is 0.00301. The Balaban J connectivity index is 2.11. The number of rotatable bonds is 1. The topological polar surface area (TPSA) is 63.2 Å². The first-order chi connectivity index (χ1) is 9.97. The Bertz CT molecular complexity index is 855. The molecule has 106 valence electrons. The van der Waals surface area contributed by atoms with E-state index in [2.05, 4.69) is 4.72 Å². The third-order valence-electron chi connectivity index (χ3n) is 3.09. The first-order valence-electron chi connectivity index (χ1n) is 6.11. The predicted molar refractivity (Wildman–Crippen MR) is 80.5 cm³/mol. The normalized spacial score (nSPS) is 18.1. The zero-order valence-electron chi connectivity index (χ0n) is 10.7. The quantitative estimate of drug-likeness (QED) is 0.822. The Hall–Kier alpha value is -2.11. The molecule has 1 aliphatic rings. The number of Topliss-reactive ketones (excluding diaryl/α,β-unsaturated/α-hetero) is 1. The highest BCUT2D eigenvalue weighted by Crippen LogP contribution is 2.25. The van der Waals surface area contributed by atoms with Gasteiger partial charge >= 0.3 is 0 Å². The number of carbonyl (C=O) groups is 1. The van der Waals surface area contributed by atoms with Crippen molar-refractivity contribution >= 4 is 33.5 Å². The summed E-state index contributed by atoms with van der Waals surface area (Å²) in [5.41, 5.74) is 0.886. The highest BCUT2D eigenvalue weighted by atomic mass is 35.5. The lowest BCUT2D eigenvalue weighted by molar-refractivity contribution is 0.102. The lowest BCUT2D eigenvalue weighted by Gasteiger charge is -2.19. The number of hydrogen-bond donors (Lipinski definition) is 1. The van der Waals surface area contributed by atoms with Crippen LogP contribution in [0.1, 0.15) is 15.9 Å². The Morgan fingerprint density at radius 2 is 1.67 bits per heavy atom. The van der Waals surface area contributed by atoms with E-state index in [9.17, 15) is 13.2 Å². The van der Waals surface area contributed by atoms with Gasteiger partial charge in [-0.2, -0.15) is 0 Å². The summed E-state index contributed by atoms with van der Waals surface area (Å²) >= 11 is 5.80. The summed E-state index contributed by atoms with van der Waals surface area (Å²) in [6, 6.07) is 12.9. The molecule has 0 aromatic heterocycles. The van der Waals surface area contributed by atoms with Crippen LogP contribution in [0.4, 0.5) is 0 Å². The number of halogens is 1. The second-order valence-corrected chi connectivity index (χ2v) is 6.63. The predicted octanol–water partition coefficient (Wildman–Crippen LogP) is 2.86. The molecule has 0 aliphatic carbocycles. The number of nitrogens with one attached hydrogen (secondary N) is 1. The molecule has 0 bridgehead atoms. The minimum Gasteiger partial charge on any atom is -0.287 e. The zero-order valence-corrected chi connectivity index (χ0v) is 12.3. The van der Waals surface area contributed by atoms with E-state index >= 15 is 0 Å². The van der Waals surface area contributed by atoms with Crippen molar-refractivity contribution in [1.29, 1.82) is 0 Å². The fraction of sp³-hybridized carbons (Fsp3) is 0. The number of fused-ring (bicyclic) bond motifs is 1. The lowest BCUT2D eigenvalue weighted by Crippen LogP contribution is -2.34. The molecule has 0 saturated heterocycles. The summed E-state index contributed by atoms with van der Waals surface area (Å²) in [5.74, 6) is -0.352. The maximum Gasteiger partial charge on any atom is 0.262 e. The summed E-state index contributed by atoms with van der Waals surface area (Å²) in [5, 5.41) is 0.568. The van der Waals surface area contributed by atoms with Crippen molar-refractivity contribution in [2.75, 3.05) is 0 Å². The smallest absolute Gasteiger partial charge is 0.262 e. The van der Waals surface area contributed by atoms with Gasteiger partial charge < -0.3 is 0 Å². The van der Waals surface area contributed by atoms with Crippen molar-refractivity contribution in [3.63, 3.8) is 0 Å². The van der Waals surface area contributed by atoms with Crippen LogP contribution in [-0.4, -0.2) is 14.2 Å². The van der Waals surface area contributed by atoms with Crippen molar-refractivity contribution in [2.24, 2.45) is 0 Å². The van der Waals surface area contributed by atoms with Crippen molar-refractivity contribution in [1.82, 2.24) is 4.72 Å². The summed E-state index contributed by atoms with van der Waals surface area (Å²) in [6.07, 6.45) is 1.49. The Morgan fingerprint density at radius 1 is 1.00 bits per heavy atom. The van der Waals surface area contributed by atoms with Gasteiger partial charge in [0.15, 0.2) is 0 Å². The first kappa shape index (κ1) is 13.9. The van der Waals surface area contributed by atoms with Crippen LogP contribution in [0.15, 0.2) is 59.1 Å². The third-order valence-corrected chi connectivity index (χ3v) is 4.77. The van der Waals surface area contributed by atoms with Crippen LogP contribution in [0.25, 0.3) is 6.08 Å². The van der Waals surface area contributed by atoms with Gasteiger partial charge in [0.25, 0.3) is 10.0 Å². The van der Waals surface area contributed by atoms with Crippen molar-refractivity contribution in [2.45, 2.75) is 4.90 Å². The average Bonchev–Trinajstić information content (AvgIpc) is 2.47. The van der Waals surface area contributed by atoms with E-state index in [0.717, 1.165) is 0 Å². The second-order valence-electron chi connectivity index (χ2n) is 4.54. The molecule has 0 atom stereocenters. The molecule has 0 saturated carbocycles. The van der Waals surface area contributed by atoms with Gasteiger partial charge in [-0.3, -0.25) is 9.52 Å². The van der Waals surface area contributed by atoms with E-state index in [1.807, 2.05) is 0 Å². The van der Waals surface area contributed by atoms with Crippen LogP contribution in [-0.2, 0) is 10.0 Å². The molecule has 0 radical (unpaired) electrons. The fourth-order valence-electron chi connectivity index (χ4n) is 2.10. The zero-order chi connectivity index (χ0) is 15.0. The number of benzene rings is 2. The van der Waals surface area contributed by atoms with Crippen LogP contribution in [0, 0.1) is 0 Å². The molecular weight excluding hydrogens is 310 g/mol. The van der Waals surface area contributed by atoms with Crippen molar-refractivity contribution in [3.8, 4) is 0 Å². The first-order valence-corrected chi connectivity index (χ1v) is 7.97. The van der Waals surface area contributed by atoms with Crippen molar-refractivity contribution < 1.29 is 13.2 Å². The molecule has 21 heavy (non-hydrogen) atoms. The summed E-state index contributed by atoms with van der Waals surface area (Å²) in [6.45, 7) is 0. The number of ketones is 1. The highest BCUT2D eigenvalue weighted by molar-refractivity contribution is 7.90. The molecule has 1 aliphatic heterocycles. The SMILES string of the molecule is O=C1/C(=C/c2ccc(Cl)cc2)NS(=O)(=O)c2ccccc21. The van der Waals surface area contributed by atoms with Crippen LogP contribution in [0.3, 0.4) is 0 Å². The molecule has 0 unspecified atom stereocenters. The molecule has 0 amide bonds. The molecule has 1 heterocycles. The molecule has 3 rings (SSSR count). The maximum absolute atomic E-state index is 12.4. The van der Waals surface area contributed by atoms with Crippen LogP contribution in [0.5, 0.6) is 0 Å². The Morgan fingerprint density at radius 3 is 2.38 bits per heavy atom. The molecule has 1 N–H and O–H groups in total. The highest BCUT2D eigenvalue weighted by Gasteiger charge is 2.31. The van der Waals surface area contributed by atoms with Gasteiger partial charge in [0.05, 0.1) is 10.6 Å². The van der Waals surface area contributed by atoms with E-state index in [1.54, 1.807) is 36.4 Å². The minimum atomic E-state index is -3.72. The number of allylic oxidation sites excluding steroid dienone is 1. The number of hydrogen-bond acceptors (Lipinski definition) is 3. The molecule has 6 heteroatoms. The summed E-state index contributed by atoms with van der Waals surface area (Å²) in [7, 11) is -3.72. The van der Waals surface area contributed by atoms with Gasteiger partial charge in [-0.1, -0.05) is 35.9 Å². The standard InChI is InChI=1S/C15H10ClNO3S/c16-11-7-5-10(6-8-11)9-13-15(18)12-3-1-2-4-14(12)21(19,20)17-13/h1-9,17H/b13-9-. The number of sulfonamides is 1. The molecule has 4 nitrogen and oxygen atoms in total. The molecule has 2 aromatic rings. The van der Waals surface area contributed by atoms with E-state index in [-0.39, 0.29) is 21.9 Å². The van der Waals surface area contributed by atoms with Gasteiger partial charge in [0, 0.05) is 10.6 Å². The molecule has 0 spiro atoms. The van der Waals surface area contributed by atoms with Gasteiger partial charge in [-0.25, -0.2) is 8.42 Å². The van der Waals surface area contributed by atoms with E-state index in [0.29, 0.717) is 10.6 Å². The second kappa shape index (κ2) is 5.02.